The molecule has 2 amide bonds. The first-order chi connectivity index (χ1) is 13.6. The number of urea groups is 1. The van der Waals surface area contributed by atoms with Crippen LogP contribution in [0.25, 0.3) is 0 Å². The van der Waals surface area contributed by atoms with Crippen LogP contribution in [0.3, 0.4) is 0 Å². The summed E-state index contributed by atoms with van der Waals surface area (Å²) >= 11 is 0. The van der Waals surface area contributed by atoms with Crippen molar-refractivity contribution in [2.75, 3.05) is 5.32 Å². The summed E-state index contributed by atoms with van der Waals surface area (Å²) in [5, 5.41) is 11.9. The Kier molecular flexibility index (Phi) is 6.03. The van der Waals surface area contributed by atoms with Gasteiger partial charge < -0.3 is 10.2 Å². The third-order valence-electron chi connectivity index (χ3n) is 4.55. The number of halogens is 1. The molecule has 3 aromatic rings. The number of rotatable bonds is 5. The number of carbonyl (C=O) groups excluding carboxylic acids is 1. The van der Waals surface area contributed by atoms with E-state index in [0.717, 1.165) is 5.56 Å². The molecule has 3 aromatic carbocycles. The molecular weight excluding hydrogens is 353 g/mol. The summed E-state index contributed by atoms with van der Waals surface area (Å²) in [6.07, 6.45) is 0. The number of hydrogen-bond acceptors (Lipinski definition) is 2. The minimum atomic E-state index is -0.366. The maximum absolute atomic E-state index is 14.2. The number of benzene rings is 3. The molecule has 0 aliphatic carbocycles. The van der Waals surface area contributed by atoms with Gasteiger partial charge in [-0.3, -0.25) is 0 Å². The summed E-state index contributed by atoms with van der Waals surface area (Å²) in [5.74, 6) is -0.355. The largest absolute Gasteiger partial charge is 0.322 e. The van der Waals surface area contributed by atoms with Gasteiger partial charge in [0, 0.05) is 11.3 Å². The molecule has 0 saturated carbocycles. The number of nitrogens with one attached hydrogen (secondary N) is 1. The van der Waals surface area contributed by atoms with Crippen molar-refractivity contribution in [3.63, 3.8) is 0 Å². The first-order valence-corrected chi connectivity index (χ1v) is 8.94. The predicted molar refractivity (Wildman–Crippen MR) is 107 cm³/mol. The Morgan fingerprint density at radius 1 is 1.07 bits per heavy atom. The van der Waals surface area contributed by atoms with E-state index in [-0.39, 0.29) is 24.4 Å². The Morgan fingerprint density at radius 2 is 1.79 bits per heavy atom. The van der Waals surface area contributed by atoms with E-state index in [1.807, 2.05) is 37.3 Å². The molecule has 0 aliphatic rings. The highest BCUT2D eigenvalue weighted by atomic mass is 19.1. The summed E-state index contributed by atoms with van der Waals surface area (Å²) in [5.41, 5.74) is 2.35. The highest BCUT2D eigenvalue weighted by molar-refractivity contribution is 5.89. The summed E-state index contributed by atoms with van der Waals surface area (Å²) in [4.78, 5) is 14.6. The third kappa shape index (κ3) is 4.54. The molecule has 0 bridgehead atoms. The molecule has 1 atom stereocenters. The maximum atomic E-state index is 14.2. The molecule has 0 fully saturated rings. The van der Waals surface area contributed by atoms with Gasteiger partial charge in [0.1, 0.15) is 5.82 Å². The van der Waals surface area contributed by atoms with E-state index in [0.29, 0.717) is 16.8 Å². The Balaban J connectivity index is 1.89. The van der Waals surface area contributed by atoms with Crippen LogP contribution in [0.15, 0.2) is 78.9 Å². The van der Waals surface area contributed by atoms with E-state index in [4.69, 9.17) is 5.26 Å². The zero-order chi connectivity index (χ0) is 19.9. The van der Waals surface area contributed by atoms with Crippen molar-refractivity contribution >= 4 is 11.7 Å². The van der Waals surface area contributed by atoms with Crippen LogP contribution in [0.4, 0.5) is 14.9 Å². The van der Waals surface area contributed by atoms with Crippen molar-refractivity contribution in [2.24, 2.45) is 0 Å². The Labute approximate surface area is 163 Å². The van der Waals surface area contributed by atoms with E-state index < -0.39 is 0 Å². The second-order valence-corrected chi connectivity index (χ2v) is 6.43. The fourth-order valence-electron chi connectivity index (χ4n) is 2.97. The Hall–Kier alpha value is -3.65. The molecule has 0 aromatic heterocycles. The Morgan fingerprint density at radius 3 is 2.50 bits per heavy atom. The van der Waals surface area contributed by atoms with Crippen LogP contribution in [0.1, 0.15) is 29.7 Å². The van der Waals surface area contributed by atoms with Crippen LogP contribution in [0.5, 0.6) is 0 Å². The van der Waals surface area contributed by atoms with Crippen molar-refractivity contribution in [2.45, 2.75) is 19.5 Å². The molecular formula is C23H20FN3O. The average Bonchev–Trinajstić information content (AvgIpc) is 2.73. The molecule has 3 rings (SSSR count). The molecule has 1 N–H and O–H groups in total. The monoisotopic (exact) mass is 373 g/mol. The molecule has 0 saturated heterocycles. The van der Waals surface area contributed by atoms with Crippen molar-refractivity contribution in [1.82, 2.24) is 4.90 Å². The van der Waals surface area contributed by atoms with Gasteiger partial charge in [-0.1, -0.05) is 54.6 Å². The molecule has 28 heavy (non-hydrogen) atoms. The SMILES string of the molecule is CC(c1ccccc1)N(Cc1ccccc1F)C(=O)Nc1cccc(C#N)c1. The van der Waals surface area contributed by atoms with E-state index in [2.05, 4.69) is 11.4 Å². The van der Waals surface area contributed by atoms with E-state index in [1.165, 1.54) is 6.07 Å². The maximum Gasteiger partial charge on any atom is 0.322 e. The summed E-state index contributed by atoms with van der Waals surface area (Å²) in [7, 11) is 0. The fourth-order valence-corrected chi connectivity index (χ4v) is 2.97. The van der Waals surface area contributed by atoms with E-state index in [1.54, 1.807) is 47.4 Å². The summed E-state index contributed by atoms with van der Waals surface area (Å²) in [6.45, 7) is 2.02. The normalized spacial score (nSPS) is 11.3. The topological polar surface area (TPSA) is 56.1 Å². The molecule has 1 unspecified atom stereocenters. The van der Waals surface area contributed by atoms with Crippen LogP contribution in [0.2, 0.25) is 0 Å². The third-order valence-corrected chi connectivity index (χ3v) is 4.55. The van der Waals surface area contributed by atoms with Gasteiger partial charge in [-0.05, 0) is 36.8 Å². The van der Waals surface area contributed by atoms with Crippen molar-refractivity contribution in [3.05, 3.63) is 101 Å². The smallest absolute Gasteiger partial charge is 0.313 e. The molecule has 5 heteroatoms. The predicted octanol–water partition coefficient (Wildman–Crippen LogP) is 5.49. The molecule has 0 radical (unpaired) electrons. The van der Waals surface area contributed by atoms with Crippen molar-refractivity contribution < 1.29 is 9.18 Å². The Bertz CT molecular complexity index is 998. The van der Waals surface area contributed by atoms with Crippen molar-refractivity contribution in [3.8, 4) is 6.07 Å². The lowest BCUT2D eigenvalue weighted by Crippen LogP contribution is -2.36. The number of nitrogens with zero attached hydrogens (tertiary/aromatic N) is 2. The molecule has 0 heterocycles. The van der Waals surface area contributed by atoms with Gasteiger partial charge in [-0.25, -0.2) is 9.18 Å². The fraction of sp³-hybridized carbons (Fsp3) is 0.130. The number of nitriles is 1. The lowest BCUT2D eigenvalue weighted by atomic mass is 10.1. The quantitative estimate of drug-likeness (QED) is 0.643. The molecule has 140 valence electrons. The van der Waals surface area contributed by atoms with Gasteiger partial charge in [-0.15, -0.1) is 0 Å². The van der Waals surface area contributed by atoms with Gasteiger partial charge in [0.25, 0.3) is 0 Å². The van der Waals surface area contributed by atoms with Crippen LogP contribution in [-0.2, 0) is 6.54 Å². The van der Waals surface area contributed by atoms with Crippen LogP contribution in [0, 0.1) is 17.1 Å². The van der Waals surface area contributed by atoms with Gasteiger partial charge in [-0.2, -0.15) is 5.26 Å². The van der Waals surface area contributed by atoms with Gasteiger partial charge in [0.15, 0.2) is 0 Å². The lowest BCUT2D eigenvalue weighted by molar-refractivity contribution is 0.188. The first-order valence-electron chi connectivity index (χ1n) is 8.94. The number of amides is 2. The lowest BCUT2D eigenvalue weighted by Gasteiger charge is -2.30. The minimum absolute atomic E-state index is 0.118. The number of anilines is 1. The van der Waals surface area contributed by atoms with Crippen LogP contribution < -0.4 is 5.32 Å². The summed E-state index contributed by atoms with van der Waals surface area (Å²) < 4.78 is 14.2. The van der Waals surface area contributed by atoms with Gasteiger partial charge >= 0.3 is 6.03 Å². The van der Waals surface area contributed by atoms with Crippen LogP contribution >= 0.6 is 0 Å². The molecule has 0 spiro atoms. The van der Waals surface area contributed by atoms with Crippen LogP contribution in [-0.4, -0.2) is 10.9 Å². The first kappa shape index (κ1) is 19.1. The second-order valence-electron chi connectivity index (χ2n) is 6.43. The number of carbonyl (C=O) groups is 1. The summed E-state index contributed by atoms with van der Waals surface area (Å²) in [6, 6.07) is 24.1. The highest BCUT2D eigenvalue weighted by Gasteiger charge is 2.23. The van der Waals surface area contributed by atoms with E-state index in [9.17, 15) is 9.18 Å². The molecule has 4 nitrogen and oxygen atoms in total. The van der Waals surface area contributed by atoms with Gasteiger partial charge in [0.05, 0.1) is 24.2 Å². The minimum Gasteiger partial charge on any atom is -0.313 e. The number of hydrogen-bond donors (Lipinski definition) is 1. The second kappa shape index (κ2) is 8.83. The standard InChI is InChI=1S/C23H20FN3O/c1-17(19-9-3-2-4-10-19)27(16-20-11-5-6-13-22(20)24)23(28)26-21-12-7-8-18(14-21)15-25/h2-14,17H,16H2,1H3,(H,26,28). The van der Waals surface area contributed by atoms with E-state index >= 15 is 0 Å². The average molecular weight is 373 g/mol. The molecule has 0 aliphatic heterocycles. The zero-order valence-electron chi connectivity index (χ0n) is 15.5. The highest BCUT2D eigenvalue weighted by Crippen LogP contribution is 2.24. The zero-order valence-corrected chi connectivity index (χ0v) is 15.5. The van der Waals surface area contributed by atoms with Gasteiger partial charge in [0.2, 0.25) is 0 Å². The van der Waals surface area contributed by atoms with Crippen molar-refractivity contribution in [1.29, 1.82) is 5.26 Å².